The molecule has 35 heavy (non-hydrogen) atoms. The molecule has 2 unspecified atom stereocenters. The number of aromatic nitrogens is 1. The summed E-state index contributed by atoms with van der Waals surface area (Å²) in [6, 6.07) is 4.45. The molecule has 1 aromatic heterocycles. The Morgan fingerprint density at radius 1 is 1.17 bits per heavy atom. The predicted molar refractivity (Wildman–Crippen MR) is 133 cm³/mol. The van der Waals surface area contributed by atoms with E-state index < -0.39 is 17.7 Å². The number of amides is 2. The van der Waals surface area contributed by atoms with Crippen molar-refractivity contribution >= 4 is 22.9 Å². The summed E-state index contributed by atoms with van der Waals surface area (Å²) < 4.78 is 19.3. The van der Waals surface area contributed by atoms with Crippen LogP contribution in [-0.2, 0) is 9.53 Å². The molecule has 5 rings (SSSR count). The number of fused-ring (bicyclic) bond motifs is 2. The van der Waals surface area contributed by atoms with Gasteiger partial charge in [0.15, 0.2) is 0 Å². The van der Waals surface area contributed by atoms with Gasteiger partial charge in [-0.25, -0.2) is 9.18 Å². The van der Waals surface area contributed by atoms with E-state index >= 15 is 0 Å². The molecule has 1 aliphatic carbocycles. The Kier molecular flexibility index (Phi) is 6.51. The Morgan fingerprint density at radius 3 is 2.69 bits per heavy atom. The van der Waals surface area contributed by atoms with Crippen molar-refractivity contribution in [3.8, 4) is 0 Å². The van der Waals surface area contributed by atoms with Crippen LogP contribution in [0.5, 0.6) is 0 Å². The molecule has 1 aromatic carbocycles. The second kappa shape index (κ2) is 9.45. The molecule has 0 bridgehead atoms. The molecule has 1 saturated carbocycles. The highest BCUT2D eigenvalue weighted by molar-refractivity contribution is 5.88. The molecule has 7 nitrogen and oxygen atoms in total. The first kappa shape index (κ1) is 24.1. The average molecular weight is 485 g/mol. The Hall–Kier alpha value is -2.61. The molecule has 2 aliphatic heterocycles. The number of aromatic amines is 1. The van der Waals surface area contributed by atoms with Gasteiger partial charge in [0.25, 0.3) is 0 Å². The van der Waals surface area contributed by atoms with Gasteiger partial charge < -0.3 is 25.3 Å². The standard InChI is InChI=1S/C27H37FN4O3/c1-27(2,3)35-26(34)31-23(16-7-5-4-6-8-16)25(33)32-12-11-21-24(32)20(15-29-21)19-14-30-22-13-17(28)9-10-18(19)22/h9-10,13-14,16,20-21,23-24,29-30H,4-8,11-12,15H2,1-3H3,(H,31,34)/t20-,21?,23?,24-/m1/s1. The first-order chi connectivity index (χ1) is 16.7. The zero-order valence-electron chi connectivity index (χ0n) is 20.9. The Bertz CT molecular complexity index is 1090. The normalized spacial score (nSPS) is 26.1. The second-order valence-corrected chi connectivity index (χ2v) is 11.4. The first-order valence-electron chi connectivity index (χ1n) is 13.0. The quantitative estimate of drug-likeness (QED) is 0.599. The fraction of sp³-hybridized carbons (Fsp3) is 0.630. The van der Waals surface area contributed by atoms with E-state index in [-0.39, 0.29) is 35.6 Å². The fourth-order valence-electron chi connectivity index (χ4n) is 6.38. The largest absolute Gasteiger partial charge is 0.444 e. The van der Waals surface area contributed by atoms with E-state index in [9.17, 15) is 14.0 Å². The van der Waals surface area contributed by atoms with E-state index in [0.717, 1.165) is 55.1 Å². The van der Waals surface area contributed by atoms with Crippen molar-refractivity contribution < 1.29 is 18.7 Å². The van der Waals surface area contributed by atoms with Crippen molar-refractivity contribution in [1.82, 2.24) is 20.5 Å². The SMILES string of the molecule is CC(C)(C)OC(=O)NC(C(=O)N1CCC2NC[C@H](c3c[nH]c4cc(F)ccc34)[C@H]21)C1CCCCC1. The van der Waals surface area contributed by atoms with E-state index in [4.69, 9.17) is 4.74 Å². The van der Waals surface area contributed by atoms with Gasteiger partial charge in [0, 0.05) is 42.1 Å². The number of ether oxygens (including phenoxy) is 1. The summed E-state index contributed by atoms with van der Waals surface area (Å²) in [5.74, 6) is -0.0599. The van der Waals surface area contributed by atoms with Crippen molar-refractivity contribution in [2.45, 2.75) is 88.9 Å². The number of hydrogen-bond donors (Lipinski definition) is 3. The number of carbonyl (C=O) groups excluding carboxylic acids is 2. The van der Waals surface area contributed by atoms with E-state index in [0.29, 0.717) is 6.54 Å². The highest BCUT2D eigenvalue weighted by atomic mass is 19.1. The topological polar surface area (TPSA) is 86.5 Å². The second-order valence-electron chi connectivity index (χ2n) is 11.4. The van der Waals surface area contributed by atoms with Crippen LogP contribution in [-0.4, -0.2) is 58.7 Å². The van der Waals surface area contributed by atoms with Crippen LogP contribution in [0.4, 0.5) is 9.18 Å². The number of likely N-dealkylation sites (tertiary alicyclic amines) is 1. The molecule has 2 saturated heterocycles. The number of nitrogens with one attached hydrogen (secondary N) is 3. The maximum atomic E-state index is 14.1. The van der Waals surface area contributed by atoms with E-state index in [1.807, 2.05) is 37.9 Å². The minimum absolute atomic E-state index is 0.00178. The molecule has 2 aromatic rings. The summed E-state index contributed by atoms with van der Waals surface area (Å²) in [5.41, 5.74) is 1.25. The number of hydrogen-bond acceptors (Lipinski definition) is 4. The summed E-state index contributed by atoms with van der Waals surface area (Å²) in [6.07, 6.45) is 7.50. The van der Waals surface area contributed by atoms with Crippen molar-refractivity contribution in [3.05, 3.63) is 35.8 Å². The molecular weight excluding hydrogens is 447 g/mol. The number of benzene rings is 1. The van der Waals surface area contributed by atoms with Crippen LogP contribution in [0.25, 0.3) is 10.9 Å². The van der Waals surface area contributed by atoms with Crippen LogP contribution in [0.2, 0.25) is 0 Å². The molecular formula is C27H37FN4O3. The predicted octanol–water partition coefficient (Wildman–Crippen LogP) is 4.44. The summed E-state index contributed by atoms with van der Waals surface area (Å²) in [4.78, 5) is 32.0. The summed E-state index contributed by atoms with van der Waals surface area (Å²) in [7, 11) is 0. The van der Waals surface area contributed by atoms with Gasteiger partial charge >= 0.3 is 6.09 Å². The highest BCUT2D eigenvalue weighted by Gasteiger charge is 2.49. The molecule has 3 aliphatic rings. The van der Waals surface area contributed by atoms with Crippen LogP contribution in [0.1, 0.15) is 70.8 Å². The van der Waals surface area contributed by atoms with Crippen molar-refractivity contribution in [2.24, 2.45) is 5.92 Å². The lowest BCUT2D eigenvalue weighted by Crippen LogP contribution is -2.55. The van der Waals surface area contributed by atoms with Crippen LogP contribution < -0.4 is 10.6 Å². The Labute approximate surface area is 206 Å². The zero-order valence-corrected chi connectivity index (χ0v) is 20.9. The van der Waals surface area contributed by atoms with Crippen molar-refractivity contribution in [1.29, 1.82) is 0 Å². The van der Waals surface area contributed by atoms with Gasteiger partial charge in [-0.1, -0.05) is 19.3 Å². The molecule has 8 heteroatoms. The van der Waals surface area contributed by atoms with Gasteiger partial charge in [0.1, 0.15) is 17.5 Å². The lowest BCUT2D eigenvalue weighted by Gasteiger charge is -2.36. The van der Waals surface area contributed by atoms with Gasteiger partial charge in [-0.15, -0.1) is 0 Å². The molecule has 3 heterocycles. The van der Waals surface area contributed by atoms with Crippen LogP contribution in [0.3, 0.4) is 0 Å². The monoisotopic (exact) mass is 484 g/mol. The lowest BCUT2D eigenvalue weighted by atomic mass is 9.83. The van der Waals surface area contributed by atoms with E-state index in [2.05, 4.69) is 15.6 Å². The van der Waals surface area contributed by atoms with Gasteiger partial charge in [-0.2, -0.15) is 0 Å². The third-order valence-corrected chi connectivity index (χ3v) is 7.88. The fourth-order valence-corrected chi connectivity index (χ4v) is 6.38. The van der Waals surface area contributed by atoms with Crippen molar-refractivity contribution in [2.75, 3.05) is 13.1 Å². The maximum absolute atomic E-state index is 14.1. The van der Waals surface area contributed by atoms with Gasteiger partial charge in [0.2, 0.25) is 5.91 Å². The number of rotatable bonds is 4. The van der Waals surface area contributed by atoms with E-state index in [1.54, 1.807) is 0 Å². The molecule has 2 amide bonds. The third kappa shape index (κ3) is 4.90. The number of halogens is 1. The number of carbonyl (C=O) groups is 2. The minimum atomic E-state index is -0.627. The van der Waals surface area contributed by atoms with Crippen LogP contribution >= 0.6 is 0 Å². The van der Waals surface area contributed by atoms with Crippen LogP contribution in [0.15, 0.2) is 24.4 Å². The van der Waals surface area contributed by atoms with Gasteiger partial charge in [-0.3, -0.25) is 4.79 Å². The molecule has 3 fully saturated rings. The molecule has 4 atom stereocenters. The number of nitrogens with zero attached hydrogens (tertiary/aromatic N) is 1. The maximum Gasteiger partial charge on any atom is 0.408 e. The lowest BCUT2D eigenvalue weighted by molar-refractivity contribution is -0.136. The number of H-pyrrole nitrogens is 1. The first-order valence-corrected chi connectivity index (χ1v) is 13.0. The minimum Gasteiger partial charge on any atom is -0.444 e. The summed E-state index contributed by atoms with van der Waals surface area (Å²) in [6.45, 7) is 6.91. The van der Waals surface area contributed by atoms with Crippen molar-refractivity contribution in [3.63, 3.8) is 0 Å². The van der Waals surface area contributed by atoms with Gasteiger partial charge in [0.05, 0.1) is 6.04 Å². The zero-order chi connectivity index (χ0) is 24.7. The molecule has 190 valence electrons. The summed E-state index contributed by atoms with van der Waals surface area (Å²) >= 11 is 0. The smallest absolute Gasteiger partial charge is 0.408 e. The van der Waals surface area contributed by atoms with E-state index in [1.165, 1.54) is 18.6 Å². The number of alkyl carbamates (subject to hydrolysis) is 1. The third-order valence-electron chi connectivity index (χ3n) is 7.88. The Morgan fingerprint density at radius 2 is 1.94 bits per heavy atom. The van der Waals surface area contributed by atoms with Gasteiger partial charge in [-0.05, 0) is 69.7 Å². The molecule has 0 spiro atoms. The summed E-state index contributed by atoms with van der Waals surface area (Å²) in [5, 5.41) is 7.57. The van der Waals surface area contributed by atoms with Crippen LogP contribution in [0, 0.1) is 11.7 Å². The average Bonchev–Trinajstić information content (AvgIpc) is 3.51. The molecule has 0 radical (unpaired) electrons. The molecule has 3 N–H and O–H groups in total. The highest BCUT2D eigenvalue weighted by Crippen LogP contribution is 2.40. The Balaban J connectivity index is 1.41.